The summed E-state index contributed by atoms with van der Waals surface area (Å²) in [6.07, 6.45) is 0. The van der Waals surface area contributed by atoms with E-state index in [4.69, 9.17) is 17.2 Å². The molecule has 0 saturated carbocycles. The molecule has 0 amide bonds. The molecule has 3 nitrogen and oxygen atoms in total. The van der Waals surface area contributed by atoms with Crippen LogP contribution in [-0.4, -0.2) is 0 Å². The summed E-state index contributed by atoms with van der Waals surface area (Å²) in [5, 5.41) is 0. The molecule has 0 radical (unpaired) electrons. The lowest BCUT2D eigenvalue weighted by atomic mass is 10.2. The highest BCUT2D eigenvalue weighted by atomic mass is 14.7. The molecule has 15 heavy (non-hydrogen) atoms. The highest BCUT2D eigenvalue weighted by Crippen LogP contribution is 2.16. The number of anilines is 3. The lowest BCUT2D eigenvalue weighted by Gasteiger charge is -1.98. The van der Waals surface area contributed by atoms with Crippen molar-refractivity contribution < 1.29 is 0 Å². The molecule has 0 heterocycles. The van der Waals surface area contributed by atoms with Gasteiger partial charge in [-0.05, 0) is 18.2 Å². The normalized spacial score (nSPS) is 8.80. The number of benzene rings is 2. The predicted molar refractivity (Wildman–Crippen MR) is 66.1 cm³/mol. The second kappa shape index (κ2) is 5.54. The fraction of sp³-hybridized carbons (Fsp3) is 0. The van der Waals surface area contributed by atoms with Crippen molar-refractivity contribution in [3.8, 4) is 0 Å². The van der Waals surface area contributed by atoms with Crippen LogP contribution in [0.3, 0.4) is 0 Å². The Bertz CT molecular complexity index is 372. The van der Waals surface area contributed by atoms with E-state index in [1.165, 1.54) is 0 Å². The molecule has 0 aliphatic heterocycles. The molecular weight excluding hydrogens is 186 g/mol. The number of nitrogens with two attached hydrogens (primary N) is 3. The zero-order chi connectivity index (χ0) is 11.1. The van der Waals surface area contributed by atoms with Crippen molar-refractivity contribution in [2.75, 3.05) is 17.2 Å². The fourth-order valence-electron chi connectivity index (χ4n) is 0.978. The van der Waals surface area contributed by atoms with Crippen LogP contribution >= 0.6 is 0 Å². The summed E-state index contributed by atoms with van der Waals surface area (Å²) >= 11 is 0. The van der Waals surface area contributed by atoms with Gasteiger partial charge in [-0.1, -0.05) is 36.4 Å². The van der Waals surface area contributed by atoms with Gasteiger partial charge in [0.05, 0.1) is 11.4 Å². The molecule has 0 aliphatic rings. The maximum Gasteiger partial charge on any atom is 0.0568 e. The van der Waals surface area contributed by atoms with Gasteiger partial charge in [0, 0.05) is 5.69 Å². The summed E-state index contributed by atoms with van der Waals surface area (Å²) in [4.78, 5) is 0. The van der Waals surface area contributed by atoms with Crippen LogP contribution in [0.5, 0.6) is 0 Å². The van der Waals surface area contributed by atoms with E-state index in [1.807, 2.05) is 36.4 Å². The van der Waals surface area contributed by atoms with Crippen LogP contribution in [0.2, 0.25) is 0 Å². The van der Waals surface area contributed by atoms with Gasteiger partial charge in [0.2, 0.25) is 0 Å². The van der Waals surface area contributed by atoms with Crippen molar-refractivity contribution in [3.05, 3.63) is 54.6 Å². The van der Waals surface area contributed by atoms with Gasteiger partial charge in [-0.15, -0.1) is 0 Å². The molecule has 0 bridgehead atoms. The van der Waals surface area contributed by atoms with E-state index >= 15 is 0 Å². The van der Waals surface area contributed by atoms with Crippen LogP contribution < -0.4 is 17.2 Å². The Morgan fingerprint density at radius 3 is 1.40 bits per heavy atom. The van der Waals surface area contributed by atoms with Crippen LogP contribution in [0.25, 0.3) is 0 Å². The Morgan fingerprint density at radius 1 is 0.600 bits per heavy atom. The Kier molecular flexibility index (Phi) is 4.04. The van der Waals surface area contributed by atoms with E-state index in [-0.39, 0.29) is 0 Å². The lowest BCUT2D eigenvalue weighted by molar-refractivity contribution is 1.65. The summed E-state index contributed by atoms with van der Waals surface area (Å²) in [6, 6.07) is 17.0. The number of hydrogen-bond donors (Lipinski definition) is 3. The van der Waals surface area contributed by atoms with Gasteiger partial charge in [-0.3, -0.25) is 0 Å². The molecule has 0 spiro atoms. The lowest BCUT2D eigenvalue weighted by Crippen LogP contribution is -1.95. The maximum absolute atomic E-state index is 5.42. The van der Waals surface area contributed by atoms with E-state index in [0.717, 1.165) is 0 Å². The van der Waals surface area contributed by atoms with Crippen molar-refractivity contribution in [3.63, 3.8) is 0 Å². The van der Waals surface area contributed by atoms with Crippen molar-refractivity contribution in [1.82, 2.24) is 0 Å². The Labute approximate surface area is 89.5 Å². The molecule has 6 N–H and O–H groups in total. The second-order valence-corrected chi connectivity index (χ2v) is 3.04. The smallest absolute Gasteiger partial charge is 0.0568 e. The molecule has 0 fully saturated rings. The average molecular weight is 201 g/mol. The molecule has 0 atom stereocenters. The molecule has 2 aromatic rings. The van der Waals surface area contributed by atoms with Gasteiger partial charge >= 0.3 is 0 Å². The number of nitrogen functional groups attached to an aromatic ring is 3. The molecular formula is C12H15N3. The quantitative estimate of drug-likeness (QED) is 0.571. The van der Waals surface area contributed by atoms with Crippen molar-refractivity contribution in [1.29, 1.82) is 0 Å². The summed E-state index contributed by atoms with van der Waals surface area (Å²) in [5.74, 6) is 0. The van der Waals surface area contributed by atoms with E-state index in [9.17, 15) is 0 Å². The highest BCUT2D eigenvalue weighted by molar-refractivity contribution is 5.67. The van der Waals surface area contributed by atoms with Crippen molar-refractivity contribution in [2.24, 2.45) is 0 Å². The zero-order valence-electron chi connectivity index (χ0n) is 8.43. The summed E-state index contributed by atoms with van der Waals surface area (Å²) in [7, 11) is 0. The van der Waals surface area contributed by atoms with E-state index in [0.29, 0.717) is 17.1 Å². The molecule has 0 unspecified atom stereocenters. The van der Waals surface area contributed by atoms with Gasteiger partial charge in [-0.2, -0.15) is 0 Å². The number of rotatable bonds is 0. The van der Waals surface area contributed by atoms with Crippen molar-refractivity contribution >= 4 is 17.1 Å². The standard InChI is InChI=1S/C6H9N3.C6H6/c7-4-1-2-5(8)6(9)3-4;1-2-4-6-5-3-1/h1-3H,7-9H2;1-6H. The second-order valence-electron chi connectivity index (χ2n) is 3.04. The van der Waals surface area contributed by atoms with Crippen molar-refractivity contribution in [2.45, 2.75) is 0 Å². The Balaban J connectivity index is 0.000000162. The molecule has 2 aromatic carbocycles. The first-order valence-corrected chi connectivity index (χ1v) is 4.60. The van der Waals surface area contributed by atoms with Gasteiger partial charge < -0.3 is 17.2 Å². The topological polar surface area (TPSA) is 78.1 Å². The minimum absolute atomic E-state index is 0.537. The van der Waals surface area contributed by atoms with Crippen LogP contribution in [0.1, 0.15) is 0 Å². The molecule has 2 rings (SSSR count). The zero-order valence-corrected chi connectivity index (χ0v) is 8.43. The molecule has 0 aromatic heterocycles. The predicted octanol–water partition coefficient (Wildman–Crippen LogP) is 2.12. The fourth-order valence-corrected chi connectivity index (χ4v) is 0.978. The SMILES string of the molecule is Nc1ccc(N)c(N)c1.c1ccccc1. The van der Waals surface area contributed by atoms with E-state index < -0.39 is 0 Å². The molecule has 3 heteroatoms. The summed E-state index contributed by atoms with van der Waals surface area (Å²) < 4.78 is 0. The third-order valence-electron chi connectivity index (χ3n) is 1.78. The Hall–Kier alpha value is -2.16. The molecule has 0 aliphatic carbocycles. The van der Waals surface area contributed by atoms with Crippen LogP contribution in [0.4, 0.5) is 17.1 Å². The third-order valence-corrected chi connectivity index (χ3v) is 1.78. The minimum atomic E-state index is 0.537. The third kappa shape index (κ3) is 4.04. The average Bonchev–Trinajstić information content (AvgIpc) is 2.27. The molecule has 0 saturated heterocycles. The maximum atomic E-state index is 5.42. The highest BCUT2D eigenvalue weighted by Gasteiger charge is 1.90. The first-order valence-electron chi connectivity index (χ1n) is 4.60. The summed E-state index contributed by atoms with van der Waals surface area (Å²) in [5.41, 5.74) is 18.0. The first kappa shape index (κ1) is 10.9. The van der Waals surface area contributed by atoms with Crippen LogP contribution in [0, 0.1) is 0 Å². The van der Waals surface area contributed by atoms with Crippen LogP contribution in [0.15, 0.2) is 54.6 Å². The minimum Gasteiger partial charge on any atom is -0.399 e. The van der Waals surface area contributed by atoms with Gasteiger partial charge in [0.15, 0.2) is 0 Å². The van der Waals surface area contributed by atoms with Gasteiger partial charge in [-0.25, -0.2) is 0 Å². The first-order chi connectivity index (χ1) is 7.20. The van der Waals surface area contributed by atoms with E-state index in [1.54, 1.807) is 18.2 Å². The monoisotopic (exact) mass is 201 g/mol. The van der Waals surface area contributed by atoms with E-state index in [2.05, 4.69) is 0 Å². The molecule has 78 valence electrons. The van der Waals surface area contributed by atoms with Gasteiger partial charge in [0.1, 0.15) is 0 Å². The number of hydrogen-bond acceptors (Lipinski definition) is 3. The Morgan fingerprint density at radius 2 is 1.07 bits per heavy atom. The van der Waals surface area contributed by atoms with Crippen LogP contribution in [-0.2, 0) is 0 Å². The van der Waals surface area contributed by atoms with Gasteiger partial charge in [0.25, 0.3) is 0 Å². The summed E-state index contributed by atoms with van der Waals surface area (Å²) in [6.45, 7) is 0. The largest absolute Gasteiger partial charge is 0.399 e.